The van der Waals surface area contributed by atoms with E-state index in [4.69, 9.17) is 5.73 Å². The topological polar surface area (TPSA) is 137 Å². The summed E-state index contributed by atoms with van der Waals surface area (Å²) >= 11 is 0. The van der Waals surface area contributed by atoms with Crippen LogP contribution in [0.3, 0.4) is 0 Å². The lowest BCUT2D eigenvalue weighted by atomic mass is 10.0. The van der Waals surface area contributed by atoms with Crippen LogP contribution in [0.15, 0.2) is 30.5 Å². The van der Waals surface area contributed by atoms with Crippen molar-refractivity contribution >= 4 is 28.0 Å². The fraction of sp³-hybridized carbons (Fsp3) is 0.312. The Labute approximate surface area is 150 Å². The first-order valence-electron chi connectivity index (χ1n) is 7.84. The third-order valence-corrected chi connectivity index (χ3v) is 6.04. The van der Waals surface area contributed by atoms with Crippen molar-refractivity contribution in [2.24, 2.45) is 11.7 Å². The van der Waals surface area contributed by atoms with Crippen LogP contribution < -0.4 is 11.1 Å². The molecule has 1 amide bonds. The van der Waals surface area contributed by atoms with E-state index in [1.165, 1.54) is 35.1 Å². The van der Waals surface area contributed by atoms with Crippen LogP contribution in [-0.4, -0.2) is 36.3 Å². The molecule has 1 fully saturated rings. The molecule has 26 heavy (non-hydrogen) atoms. The fourth-order valence-electron chi connectivity index (χ4n) is 2.94. The molecule has 2 atom stereocenters. The number of benzene rings is 1. The summed E-state index contributed by atoms with van der Waals surface area (Å²) < 4.78 is 34.2. The molecule has 8 nitrogen and oxygen atoms in total. The minimum atomic E-state index is -2.76. The number of aromatic nitrogens is 2. The molecule has 2 heterocycles. The quantitative estimate of drug-likeness (QED) is 0.644. The van der Waals surface area contributed by atoms with Crippen LogP contribution in [0, 0.1) is 23.1 Å². The number of anilines is 2. The van der Waals surface area contributed by atoms with Crippen LogP contribution in [-0.2, 0) is 0 Å². The summed E-state index contributed by atoms with van der Waals surface area (Å²) in [5.41, 5.74) is 6.06. The van der Waals surface area contributed by atoms with Gasteiger partial charge in [-0.2, -0.15) is 21.0 Å². The predicted molar refractivity (Wildman–Crippen MR) is 95.8 cm³/mol. The van der Waals surface area contributed by atoms with Crippen LogP contribution in [0.5, 0.6) is 0 Å². The van der Waals surface area contributed by atoms with E-state index in [0.29, 0.717) is 12.1 Å². The van der Waals surface area contributed by atoms with Gasteiger partial charge in [-0.15, -0.1) is 0 Å². The molecule has 10 heteroatoms. The predicted octanol–water partition coefficient (Wildman–Crippen LogP) is 2.70. The minimum absolute atomic E-state index is 0.0271. The van der Waals surface area contributed by atoms with E-state index in [1.54, 1.807) is 0 Å². The second-order valence-corrected chi connectivity index (χ2v) is 8.48. The number of rotatable bonds is 4. The van der Waals surface area contributed by atoms with E-state index in [2.05, 4.69) is 16.5 Å². The van der Waals surface area contributed by atoms with Gasteiger partial charge >= 0.3 is 0 Å². The smallest absolute Gasteiger partial charge is 0.254 e. The first-order chi connectivity index (χ1) is 12.3. The van der Waals surface area contributed by atoms with Crippen molar-refractivity contribution in [3.8, 4) is 6.07 Å². The zero-order valence-electron chi connectivity index (χ0n) is 13.7. The Morgan fingerprint density at radius 1 is 1.42 bits per heavy atom. The summed E-state index contributed by atoms with van der Waals surface area (Å²) in [5.74, 6) is -1.40. The summed E-state index contributed by atoms with van der Waals surface area (Å²) in [4.78, 5) is 11.7. The van der Waals surface area contributed by atoms with Crippen molar-refractivity contribution in [3.05, 3.63) is 41.8 Å². The first-order valence-corrected chi connectivity index (χ1v) is 9.72. The molecular weight excluding hydrogens is 361 g/mol. The Hall–Kier alpha value is -2.61. The minimum Gasteiger partial charge on any atom is -0.365 e. The SMILES string of the molecule is N#C[C@@H]1CS(O)(O)CC[C@@H]1n1cc(C(N)=O)c(Nc2ccc(F)cc2)n1. The zero-order valence-corrected chi connectivity index (χ0v) is 14.5. The standard InChI is InChI=1S/C16H18FN5O3S/c17-11-1-3-12(4-2-11)20-16-13(15(19)23)8-22(21-16)14-5-6-26(24,25)9-10(14)7-18/h1-4,8,10,14,24-25H,5-6,9H2,(H2,19,23)(H,20,21)/t10-,14+/m1/s1. The Kier molecular flexibility index (Phi) is 4.86. The van der Waals surface area contributed by atoms with E-state index >= 15 is 0 Å². The maximum Gasteiger partial charge on any atom is 0.254 e. The monoisotopic (exact) mass is 379 g/mol. The largest absolute Gasteiger partial charge is 0.365 e. The van der Waals surface area contributed by atoms with Gasteiger partial charge in [-0.25, -0.2) is 4.39 Å². The van der Waals surface area contributed by atoms with Crippen molar-refractivity contribution < 1.29 is 18.3 Å². The maximum atomic E-state index is 13.0. The van der Waals surface area contributed by atoms with Crippen LogP contribution in [0.4, 0.5) is 15.9 Å². The van der Waals surface area contributed by atoms with Crippen molar-refractivity contribution in [1.29, 1.82) is 5.26 Å². The van der Waals surface area contributed by atoms with E-state index in [-0.39, 0.29) is 22.9 Å². The number of nitrogens with zero attached hydrogens (tertiary/aromatic N) is 3. The Morgan fingerprint density at radius 2 is 2.12 bits per heavy atom. The number of carbonyl (C=O) groups is 1. The van der Waals surface area contributed by atoms with Gasteiger partial charge in [0.05, 0.1) is 23.8 Å². The van der Waals surface area contributed by atoms with Crippen LogP contribution in [0.2, 0.25) is 0 Å². The highest BCUT2D eigenvalue weighted by atomic mass is 32.3. The molecule has 2 aromatic rings. The fourth-order valence-corrected chi connectivity index (χ4v) is 4.59. The van der Waals surface area contributed by atoms with Gasteiger partial charge < -0.3 is 11.1 Å². The van der Waals surface area contributed by atoms with Crippen molar-refractivity contribution in [2.75, 3.05) is 16.8 Å². The molecule has 0 unspecified atom stereocenters. The number of nitriles is 1. The molecule has 1 aromatic carbocycles. The summed E-state index contributed by atoms with van der Waals surface area (Å²) in [5, 5.41) is 16.6. The van der Waals surface area contributed by atoms with Gasteiger partial charge in [-0.05, 0) is 30.7 Å². The Balaban J connectivity index is 1.91. The average Bonchev–Trinajstić information content (AvgIpc) is 3.00. The molecule has 1 saturated heterocycles. The molecule has 1 aliphatic heterocycles. The number of hydrogen-bond donors (Lipinski definition) is 4. The van der Waals surface area contributed by atoms with Crippen LogP contribution in [0.1, 0.15) is 22.8 Å². The Bertz CT molecular complexity index is 862. The summed E-state index contributed by atoms with van der Waals surface area (Å²) in [6, 6.07) is 7.20. The number of carbonyl (C=O) groups excluding carboxylic acids is 1. The number of amides is 1. The zero-order chi connectivity index (χ0) is 18.9. The molecule has 5 N–H and O–H groups in total. The molecule has 0 radical (unpaired) electrons. The highest BCUT2D eigenvalue weighted by Crippen LogP contribution is 2.49. The van der Waals surface area contributed by atoms with Gasteiger partial charge in [-0.3, -0.25) is 18.6 Å². The highest BCUT2D eigenvalue weighted by Gasteiger charge is 2.35. The van der Waals surface area contributed by atoms with Gasteiger partial charge in [-0.1, -0.05) is 0 Å². The van der Waals surface area contributed by atoms with Gasteiger partial charge in [0, 0.05) is 17.6 Å². The van der Waals surface area contributed by atoms with Gasteiger partial charge in [0.1, 0.15) is 11.4 Å². The number of nitrogens with one attached hydrogen (secondary N) is 1. The molecule has 1 aliphatic rings. The molecule has 0 aliphatic carbocycles. The number of halogens is 1. The normalized spacial score (nSPS) is 23.0. The van der Waals surface area contributed by atoms with Gasteiger partial charge in [0.25, 0.3) is 5.91 Å². The molecular formula is C16H18FN5O3S. The summed E-state index contributed by atoms with van der Waals surface area (Å²) in [6.45, 7) is 0. The number of primary amides is 1. The van der Waals surface area contributed by atoms with Crippen molar-refractivity contribution in [3.63, 3.8) is 0 Å². The van der Waals surface area contributed by atoms with Gasteiger partial charge in [0.15, 0.2) is 5.82 Å². The lowest BCUT2D eigenvalue weighted by Crippen LogP contribution is -2.31. The molecule has 3 rings (SSSR count). The van der Waals surface area contributed by atoms with E-state index in [1.807, 2.05) is 0 Å². The number of nitrogens with two attached hydrogens (primary N) is 1. The second kappa shape index (κ2) is 6.95. The highest BCUT2D eigenvalue weighted by molar-refractivity contribution is 8.24. The molecule has 138 valence electrons. The van der Waals surface area contributed by atoms with Gasteiger partial charge in [0.2, 0.25) is 0 Å². The summed E-state index contributed by atoms with van der Waals surface area (Å²) in [7, 11) is -2.76. The van der Waals surface area contributed by atoms with E-state index in [0.717, 1.165) is 0 Å². The second-order valence-electron chi connectivity index (χ2n) is 6.13. The lowest BCUT2D eigenvalue weighted by molar-refractivity contribution is 0.100. The van der Waals surface area contributed by atoms with Crippen LogP contribution >= 0.6 is 10.6 Å². The Morgan fingerprint density at radius 3 is 2.73 bits per heavy atom. The molecule has 1 aromatic heterocycles. The van der Waals surface area contributed by atoms with Crippen molar-refractivity contribution in [1.82, 2.24) is 9.78 Å². The lowest BCUT2D eigenvalue weighted by Gasteiger charge is -2.41. The first kappa shape index (κ1) is 18.2. The van der Waals surface area contributed by atoms with E-state index in [9.17, 15) is 23.6 Å². The number of hydrogen-bond acceptors (Lipinski definition) is 6. The third-order valence-electron chi connectivity index (χ3n) is 4.26. The van der Waals surface area contributed by atoms with E-state index < -0.39 is 34.3 Å². The van der Waals surface area contributed by atoms with Crippen molar-refractivity contribution in [2.45, 2.75) is 12.5 Å². The molecule has 0 bridgehead atoms. The summed E-state index contributed by atoms with van der Waals surface area (Å²) in [6.07, 6.45) is 1.79. The van der Waals surface area contributed by atoms with Crippen LogP contribution in [0.25, 0.3) is 0 Å². The third kappa shape index (κ3) is 3.80. The maximum absolute atomic E-state index is 13.0. The molecule has 0 spiro atoms. The average molecular weight is 379 g/mol. The molecule has 0 saturated carbocycles.